The van der Waals surface area contributed by atoms with Crippen molar-refractivity contribution in [3.63, 3.8) is 0 Å². The van der Waals surface area contributed by atoms with Crippen molar-refractivity contribution in [1.82, 2.24) is 20.0 Å². The number of carbonyl (C=O) groups excluding carboxylic acids is 2. The van der Waals surface area contributed by atoms with E-state index >= 15 is 0 Å². The van der Waals surface area contributed by atoms with E-state index in [1.165, 1.54) is 0 Å². The number of rotatable bonds is 7. The lowest BCUT2D eigenvalue weighted by Gasteiger charge is -2.16. The van der Waals surface area contributed by atoms with Crippen LogP contribution in [-0.2, 0) is 9.59 Å². The fraction of sp³-hybridized carbons (Fsp3) is 0.375. The second-order valence-corrected chi connectivity index (χ2v) is 5.88. The summed E-state index contributed by atoms with van der Waals surface area (Å²) < 4.78 is 1.69. The number of amides is 2. The Morgan fingerprint density at radius 3 is 2.71 bits per heavy atom. The summed E-state index contributed by atoms with van der Waals surface area (Å²) in [5.74, 6) is -1.92. The van der Waals surface area contributed by atoms with Gasteiger partial charge in [-0.15, -0.1) is 0 Å². The molecule has 2 aromatic heterocycles. The highest BCUT2D eigenvalue weighted by Gasteiger charge is 2.21. The third kappa shape index (κ3) is 4.55. The van der Waals surface area contributed by atoms with E-state index in [0.717, 1.165) is 0 Å². The average Bonchev–Trinajstić information content (AvgIpc) is 2.98. The summed E-state index contributed by atoms with van der Waals surface area (Å²) in [6, 6.07) is 2.34. The van der Waals surface area contributed by atoms with Gasteiger partial charge >= 0.3 is 5.97 Å². The number of aromatic nitrogens is 2. The minimum atomic E-state index is -1.09. The Morgan fingerprint density at radius 2 is 2.04 bits per heavy atom. The van der Waals surface area contributed by atoms with Crippen molar-refractivity contribution in [2.45, 2.75) is 26.3 Å². The fourth-order valence-electron chi connectivity index (χ4n) is 2.26. The second kappa shape index (κ2) is 7.58. The maximum atomic E-state index is 12.1. The number of aliphatic carboxylic acids is 1. The fourth-order valence-corrected chi connectivity index (χ4v) is 2.26. The number of nitrogens with one attached hydrogen (secondary N) is 2. The first kappa shape index (κ1) is 17.5. The number of carboxylic acids is 1. The lowest BCUT2D eigenvalue weighted by atomic mass is 10.0. The van der Waals surface area contributed by atoms with Gasteiger partial charge in [-0.3, -0.25) is 9.59 Å². The molecule has 0 saturated heterocycles. The van der Waals surface area contributed by atoms with E-state index in [0.29, 0.717) is 17.6 Å². The Kier molecular flexibility index (Phi) is 5.51. The Bertz CT molecular complexity index is 753. The molecular weight excluding hydrogens is 312 g/mol. The van der Waals surface area contributed by atoms with Gasteiger partial charge in [0.15, 0.2) is 0 Å². The second-order valence-electron chi connectivity index (χ2n) is 5.88. The summed E-state index contributed by atoms with van der Waals surface area (Å²) in [5, 5.41) is 14.0. The molecule has 0 spiro atoms. The predicted molar refractivity (Wildman–Crippen MR) is 86.5 cm³/mol. The van der Waals surface area contributed by atoms with Crippen molar-refractivity contribution in [2.24, 2.45) is 5.92 Å². The summed E-state index contributed by atoms with van der Waals surface area (Å²) in [7, 11) is 0. The lowest BCUT2D eigenvalue weighted by molar-refractivity contribution is -0.142. The topological polar surface area (TPSA) is 113 Å². The lowest BCUT2D eigenvalue weighted by Crippen LogP contribution is -2.46. The van der Waals surface area contributed by atoms with Gasteiger partial charge in [-0.25, -0.2) is 9.78 Å². The van der Waals surface area contributed by atoms with E-state index < -0.39 is 23.8 Å². The maximum absolute atomic E-state index is 12.1. The van der Waals surface area contributed by atoms with Gasteiger partial charge < -0.3 is 20.1 Å². The molecule has 2 rings (SSSR count). The van der Waals surface area contributed by atoms with Crippen LogP contribution in [0.25, 0.3) is 5.65 Å². The third-order valence-electron chi connectivity index (χ3n) is 3.40. The highest BCUT2D eigenvalue weighted by atomic mass is 16.4. The zero-order valence-electron chi connectivity index (χ0n) is 13.5. The standard InChI is InChI=1S/C16H20N4O4/c1-10(2)7-12(16(23)24)19-14(21)8-18-15(22)11-3-4-13-17-5-6-20(13)9-11/h3-6,9-10,12H,7-8H2,1-2H3,(H,18,22)(H,19,21)(H,23,24)/t12-/m0/s1. The minimum Gasteiger partial charge on any atom is -0.480 e. The zero-order valence-corrected chi connectivity index (χ0v) is 13.5. The quantitative estimate of drug-likeness (QED) is 0.690. The van der Waals surface area contributed by atoms with Crippen LogP contribution in [0.2, 0.25) is 0 Å². The maximum Gasteiger partial charge on any atom is 0.326 e. The number of fused-ring (bicyclic) bond motifs is 1. The van der Waals surface area contributed by atoms with E-state index in [2.05, 4.69) is 15.6 Å². The summed E-state index contributed by atoms with van der Waals surface area (Å²) >= 11 is 0. The largest absolute Gasteiger partial charge is 0.480 e. The number of hydrogen-bond donors (Lipinski definition) is 3. The molecule has 8 nitrogen and oxygen atoms in total. The molecule has 0 aliphatic heterocycles. The summed E-state index contributed by atoms with van der Waals surface area (Å²) in [5.41, 5.74) is 1.09. The van der Waals surface area contributed by atoms with Crippen LogP contribution in [0.4, 0.5) is 0 Å². The van der Waals surface area contributed by atoms with Crippen LogP contribution in [0.3, 0.4) is 0 Å². The molecule has 0 radical (unpaired) electrons. The number of pyridine rings is 1. The molecule has 2 aromatic rings. The molecule has 0 aliphatic carbocycles. The molecule has 0 bridgehead atoms. The average molecular weight is 332 g/mol. The molecule has 0 saturated carbocycles. The van der Waals surface area contributed by atoms with Gasteiger partial charge in [0.25, 0.3) is 5.91 Å². The molecule has 0 aliphatic rings. The molecule has 0 fully saturated rings. The van der Waals surface area contributed by atoms with Crippen molar-refractivity contribution >= 4 is 23.4 Å². The van der Waals surface area contributed by atoms with Crippen molar-refractivity contribution in [2.75, 3.05) is 6.54 Å². The van der Waals surface area contributed by atoms with Gasteiger partial charge in [-0.1, -0.05) is 13.8 Å². The Balaban J connectivity index is 1.90. The minimum absolute atomic E-state index is 0.128. The summed E-state index contributed by atoms with van der Waals surface area (Å²) in [4.78, 5) is 39.1. The van der Waals surface area contributed by atoms with Gasteiger partial charge in [0.05, 0.1) is 12.1 Å². The number of nitrogens with zero attached hydrogens (tertiary/aromatic N) is 2. The van der Waals surface area contributed by atoms with Gasteiger partial charge in [-0.2, -0.15) is 0 Å². The van der Waals surface area contributed by atoms with Crippen LogP contribution in [0.15, 0.2) is 30.7 Å². The number of carbonyl (C=O) groups is 3. The smallest absolute Gasteiger partial charge is 0.326 e. The summed E-state index contributed by atoms with van der Waals surface area (Å²) in [6.07, 6.45) is 5.26. The SMILES string of the molecule is CC(C)C[C@H](NC(=O)CNC(=O)c1ccc2nccn2c1)C(=O)O. The van der Waals surface area contributed by atoms with E-state index in [1.54, 1.807) is 35.1 Å². The third-order valence-corrected chi connectivity index (χ3v) is 3.40. The normalized spacial score (nSPS) is 12.1. The Labute approximate surface area is 138 Å². The molecule has 3 N–H and O–H groups in total. The monoisotopic (exact) mass is 332 g/mol. The molecule has 24 heavy (non-hydrogen) atoms. The first-order valence-electron chi connectivity index (χ1n) is 7.60. The molecular formula is C16H20N4O4. The highest BCUT2D eigenvalue weighted by Crippen LogP contribution is 2.06. The van der Waals surface area contributed by atoms with E-state index in [-0.39, 0.29) is 12.5 Å². The van der Waals surface area contributed by atoms with Gasteiger partial charge in [0.1, 0.15) is 11.7 Å². The van der Waals surface area contributed by atoms with Crippen LogP contribution in [0.5, 0.6) is 0 Å². The molecule has 8 heteroatoms. The van der Waals surface area contributed by atoms with Gasteiger partial charge in [-0.05, 0) is 24.5 Å². The van der Waals surface area contributed by atoms with Crippen molar-refractivity contribution < 1.29 is 19.5 Å². The molecule has 0 unspecified atom stereocenters. The molecule has 1 atom stereocenters. The van der Waals surface area contributed by atoms with E-state index in [1.807, 2.05) is 13.8 Å². The van der Waals surface area contributed by atoms with Crippen LogP contribution in [0, 0.1) is 5.92 Å². The van der Waals surface area contributed by atoms with E-state index in [4.69, 9.17) is 5.11 Å². The highest BCUT2D eigenvalue weighted by molar-refractivity contribution is 5.96. The van der Waals surface area contributed by atoms with Gasteiger partial charge in [0.2, 0.25) is 5.91 Å². The van der Waals surface area contributed by atoms with Crippen molar-refractivity contribution in [1.29, 1.82) is 0 Å². The predicted octanol–water partition coefficient (Wildman–Crippen LogP) is 0.680. The van der Waals surface area contributed by atoms with Crippen molar-refractivity contribution in [3.8, 4) is 0 Å². The van der Waals surface area contributed by atoms with Crippen LogP contribution >= 0.6 is 0 Å². The molecule has 0 aromatic carbocycles. The first-order valence-corrected chi connectivity index (χ1v) is 7.60. The number of imidazole rings is 1. The molecule has 128 valence electrons. The number of carboxylic acid groups (broad SMARTS) is 1. The Morgan fingerprint density at radius 1 is 1.29 bits per heavy atom. The van der Waals surface area contributed by atoms with Gasteiger partial charge in [0, 0.05) is 18.6 Å². The zero-order chi connectivity index (χ0) is 17.7. The Hall–Kier alpha value is -2.90. The molecule has 2 amide bonds. The van der Waals surface area contributed by atoms with Crippen LogP contribution in [0.1, 0.15) is 30.6 Å². The number of hydrogen-bond acceptors (Lipinski definition) is 4. The van der Waals surface area contributed by atoms with Crippen molar-refractivity contribution in [3.05, 3.63) is 36.3 Å². The summed E-state index contributed by atoms with van der Waals surface area (Å²) in [6.45, 7) is 3.45. The molecule has 2 heterocycles. The first-order chi connectivity index (χ1) is 11.4. The van der Waals surface area contributed by atoms with Crippen LogP contribution < -0.4 is 10.6 Å². The van der Waals surface area contributed by atoms with E-state index in [9.17, 15) is 14.4 Å². The van der Waals surface area contributed by atoms with Crippen LogP contribution in [-0.4, -0.2) is 44.9 Å².